The van der Waals surface area contributed by atoms with E-state index in [0.717, 1.165) is 0 Å². The first-order chi connectivity index (χ1) is 19.6. The van der Waals surface area contributed by atoms with Crippen LogP contribution in [0.15, 0.2) is 25.3 Å². The molecular weight excluding hydrogens is 587 g/mol. The number of anilines is 2. The molecule has 2 aliphatic rings. The second-order valence-corrected chi connectivity index (χ2v) is 12.1. The maximum atomic E-state index is 11.0. The molecule has 0 radical (unpaired) electrons. The van der Waals surface area contributed by atoms with Gasteiger partial charge in [0, 0.05) is 0 Å². The number of aliphatic hydroxyl groups excluding tert-OH is 4. The summed E-state index contributed by atoms with van der Waals surface area (Å²) in [6, 6.07) is 0. The minimum Gasteiger partial charge on any atom is -0.394 e. The van der Waals surface area contributed by atoms with Crippen molar-refractivity contribution in [3.8, 4) is 0 Å². The molecule has 220 valence electrons. The Hall–Kier alpha value is -3.01. The first-order valence-electron chi connectivity index (χ1n) is 12.1. The predicted octanol–water partition coefficient (Wildman–Crippen LogP) is -2.68. The smallest absolute Gasteiger partial charge is 0.325 e. The first kappa shape index (κ1) is 28.1. The SMILES string of the molecule is Nc1ncnc2c1ncn2[C@@H]1O[C@H](COP(O)(=S)O[C@H]2[C@@H](O)[C@H](n3cnc4c(N)ncnc43)O[C@@H]2CO)[C@@H](O)[C@H]1O. The standard InChI is InChI=1S/C20H25N10O9PS/c21-15-9-17(25-3-23-15)29(5-27-9)19-12(33)11(32)8(38-19)2-36-40(35,41)39-14-7(1-31)37-20(13(14)34)30-6-28-10-16(22)24-4-26-18(10)30/h3-8,11-14,19-20,31-34H,1-2H2,(H,35,41)(H2,21,23,25)(H2,22,24,26)/t7-,8-,11-,12-,13-,14-,19-,20-,40?/m1/s1. The van der Waals surface area contributed by atoms with Crippen molar-refractivity contribution in [3.63, 3.8) is 0 Å². The summed E-state index contributed by atoms with van der Waals surface area (Å²) in [6.45, 7) is -5.22. The Morgan fingerprint density at radius 1 is 0.829 bits per heavy atom. The van der Waals surface area contributed by atoms with E-state index < -0.39 is 69.0 Å². The molecule has 0 amide bonds. The van der Waals surface area contributed by atoms with E-state index in [-0.39, 0.29) is 34.0 Å². The summed E-state index contributed by atoms with van der Waals surface area (Å²) >= 11 is 5.13. The molecule has 0 aliphatic carbocycles. The van der Waals surface area contributed by atoms with Gasteiger partial charge in [-0.15, -0.1) is 0 Å². The number of aromatic nitrogens is 8. The number of fused-ring (bicyclic) bond motifs is 2. The van der Waals surface area contributed by atoms with Crippen LogP contribution in [0.25, 0.3) is 22.3 Å². The topological polar surface area (TPSA) is 277 Å². The minimum atomic E-state index is -4.13. The zero-order valence-electron chi connectivity index (χ0n) is 20.8. The Labute approximate surface area is 234 Å². The molecule has 6 heterocycles. The van der Waals surface area contributed by atoms with E-state index >= 15 is 0 Å². The number of imidazole rings is 2. The number of rotatable bonds is 8. The highest BCUT2D eigenvalue weighted by atomic mass is 32.5. The molecule has 21 heteroatoms. The Balaban J connectivity index is 1.14. The largest absolute Gasteiger partial charge is 0.394 e. The lowest BCUT2D eigenvalue weighted by Crippen LogP contribution is -2.36. The summed E-state index contributed by atoms with van der Waals surface area (Å²) in [7, 11) is 0. The zero-order valence-corrected chi connectivity index (χ0v) is 22.5. The second kappa shape index (κ2) is 10.7. The van der Waals surface area contributed by atoms with Crippen LogP contribution in [0.2, 0.25) is 0 Å². The highest BCUT2D eigenvalue weighted by Gasteiger charge is 2.49. The summed E-state index contributed by atoms with van der Waals surface area (Å²) in [4.78, 5) is 35.0. The van der Waals surface area contributed by atoms with Crippen molar-refractivity contribution in [2.45, 2.75) is 49.1 Å². The molecule has 1 unspecified atom stereocenters. The molecular formula is C20H25N10O9PS. The van der Waals surface area contributed by atoms with E-state index in [9.17, 15) is 25.3 Å². The van der Waals surface area contributed by atoms with Crippen LogP contribution in [0, 0.1) is 0 Å². The lowest BCUT2D eigenvalue weighted by molar-refractivity contribution is -0.0549. The van der Waals surface area contributed by atoms with Gasteiger partial charge in [0.1, 0.15) is 60.3 Å². The van der Waals surface area contributed by atoms with Gasteiger partial charge in [-0.05, 0) is 11.8 Å². The highest BCUT2D eigenvalue weighted by molar-refractivity contribution is 8.07. The van der Waals surface area contributed by atoms with Crippen molar-refractivity contribution in [1.82, 2.24) is 39.0 Å². The number of nitrogens with zero attached hydrogens (tertiary/aromatic N) is 8. The lowest BCUT2D eigenvalue weighted by atomic mass is 10.1. The van der Waals surface area contributed by atoms with Gasteiger partial charge in [-0.3, -0.25) is 13.7 Å². The van der Waals surface area contributed by atoms with Crippen LogP contribution >= 0.6 is 6.72 Å². The number of hydrogen-bond donors (Lipinski definition) is 7. The van der Waals surface area contributed by atoms with Crippen LogP contribution in [-0.4, -0.2) is 114 Å². The molecule has 0 saturated carbocycles. The van der Waals surface area contributed by atoms with Gasteiger partial charge in [0.05, 0.1) is 25.9 Å². The van der Waals surface area contributed by atoms with Crippen molar-refractivity contribution < 1.29 is 43.8 Å². The molecule has 0 aromatic carbocycles. The number of hydrogen-bond acceptors (Lipinski definition) is 17. The van der Waals surface area contributed by atoms with Gasteiger partial charge in [-0.1, -0.05) is 0 Å². The fourth-order valence-corrected chi connectivity index (χ4v) is 6.23. The summed E-state index contributed by atoms with van der Waals surface area (Å²) in [5, 5.41) is 42.1. The van der Waals surface area contributed by atoms with Gasteiger partial charge in [-0.25, -0.2) is 29.9 Å². The molecule has 4 aromatic rings. The molecule has 2 aliphatic heterocycles. The normalized spacial score (nSPS) is 31.7. The van der Waals surface area contributed by atoms with E-state index in [2.05, 4.69) is 29.9 Å². The molecule has 19 nitrogen and oxygen atoms in total. The number of nitrogen functional groups attached to an aromatic ring is 2. The minimum absolute atomic E-state index is 0.120. The lowest BCUT2D eigenvalue weighted by Gasteiger charge is -2.26. The molecule has 0 bridgehead atoms. The van der Waals surface area contributed by atoms with Crippen molar-refractivity contribution in [1.29, 1.82) is 0 Å². The van der Waals surface area contributed by atoms with E-state index in [1.807, 2.05) is 0 Å². The Morgan fingerprint density at radius 3 is 1.93 bits per heavy atom. The van der Waals surface area contributed by atoms with Gasteiger partial charge in [0.25, 0.3) is 0 Å². The predicted molar refractivity (Wildman–Crippen MR) is 140 cm³/mol. The van der Waals surface area contributed by atoms with Gasteiger partial charge in [-0.2, -0.15) is 0 Å². The van der Waals surface area contributed by atoms with E-state index in [1.165, 1.54) is 34.4 Å². The maximum absolute atomic E-state index is 11.0. The van der Waals surface area contributed by atoms with E-state index in [4.69, 9.17) is 41.8 Å². The third-order valence-corrected chi connectivity index (χ3v) is 8.37. The van der Waals surface area contributed by atoms with Gasteiger partial charge in [0.15, 0.2) is 35.4 Å². The first-order valence-corrected chi connectivity index (χ1v) is 14.7. The monoisotopic (exact) mass is 612 g/mol. The average Bonchev–Trinajstić information content (AvgIpc) is 3.70. The third-order valence-electron chi connectivity index (χ3n) is 6.81. The van der Waals surface area contributed by atoms with Crippen molar-refractivity contribution in [2.24, 2.45) is 0 Å². The van der Waals surface area contributed by atoms with Crippen LogP contribution in [0.1, 0.15) is 12.5 Å². The maximum Gasteiger partial charge on any atom is 0.325 e. The van der Waals surface area contributed by atoms with Crippen LogP contribution in [0.4, 0.5) is 11.6 Å². The van der Waals surface area contributed by atoms with Crippen molar-refractivity contribution in [3.05, 3.63) is 25.3 Å². The Morgan fingerprint density at radius 2 is 1.37 bits per heavy atom. The highest BCUT2D eigenvalue weighted by Crippen LogP contribution is 2.49. The van der Waals surface area contributed by atoms with Gasteiger partial charge < -0.3 is 50.8 Å². The second-order valence-electron chi connectivity index (χ2n) is 9.28. The number of nitrogens with two attached hydrogens (primary N) is 2. The van der Waals surface area contributed by atoms with Crippen LogP contribution in [0.3, 0.4) is 0 Å². The van der Waals surface area contributed by atoms with Crippen molar-refractivity contribution >= 4 is 52.5 Å². The van der Waals surface area contributed by atoms with Crippen molar-refractivity contribution in [2.75, 3.05) is 24.7 Å². The quantitative estimate of drug-likeness (QED) is 0.0998. The molecule has 0 spiro atoms. The number of ether oxygens (including phenoxy) is 2. The molecule has 2 fully saturated rings. The molecule has 41 heavy (non-hydrogen) atoms. The zero-order chi connectivity index (χ0) is 29.1. The molecule has 6 rings (SSSR count). The summed E-state index contributed by atoms with van der Waals surface area (Å²) in [5.74, 6) is 0.245. The third kappa shape index (κ3) is 4.91. The number of aliphatic hydroxyl groups is 4. The van der Waals surface area contributed by atoms with Crippen LogP contribution < -0.4 is 11.5 Å². The molecule has 9 atom stereocenters. The summed E-state index contributed by atoms with van der Waals surface area (Å²) < 4.78 is 25.3. The van der Waals surface area contributed by atoms with E-state index in [0.29, 0.717) is 0 Å². The van der Waals surface area contributed by atoms with Crippen LogP contribution in [-0.2, 0) is 30.3 Å². The fraction of sp³-hybridized carbons (Fsp3) is 0.500. The fourth-order valence-electron chi connectivity index (χ4n) is 4.79. The summed E-state index contributed by atoms with van der Waals surface area (Å²) in [5.41, 5.74) is 12.7. The Kier molecular flexibility index (Phi) is 7.32. The van der Waals surface area contributed by atoms with E-state index in [1.54, 1.807) is 0 Å². The van der Waals surface area contributed by atoms with Gasteiger partial charge in [0.2, 0.25) is 0 Å². The summed E-state index contributed by atoms with van der Waals surface area (Å²) in [6.07, 6.45) is -5.10. The molecule has 9 N–H and O–H groups in total. The van der Waals surface area contributed by atoms with Crippen LogP contribution in [0.5, 0.6) is 0 Å². The average molecular weight is 613 g/mol. The van der Waals surface area contributed by atoms with Gasteiger partial charge >= 0.3 is 6.72 Å². The molecule has 2 saturated heterocycles. The molecule has 4 aromatic heterocycles. The Bertz CT molecular complexity index is 1620.